The molecule has 4 heteroatoms. The van der Waals surface area contributed by atoms with Crippen molar-refractivity contribution in [3.05, 3.63) is 24.3 Å². The first kappa shape index (κ1) is 12.6. The maximum Gasteiger partial charge on any atom is 0.134 e. The monoisotopic (exact) mass is 253 g/mol. The Hall–Kier alpha value is -0.870. The summed E-state index contributed by atoms with van der Waals surface area (Å²) in [4.78, 5) is 0.806. The van der Waals surface area contributed by atoms with E-state index < -0.39 is 10.8 Å². The Morgan fingerprint density at radius 1 is 1.41 bits per heavy atom. The molecule has 2 N–H and O–H groups in total. The van der Waals surface area contributed by atoms with Crippen molar-refractivity contribution < 1.29 is 8.95 Å². The highest BCUT2D eigenvalue weighted by molar-refractivity contribution is 7.85. The lowest BCUT2D eigenvalue weighted by atomic mass is 10.1. The van der Waals surface area contributed by atoms with E-state index >= 15 is 0 Å². The maximum atomic E-state index is 12.6. The number of nitrogens with two attached hydrogens (primary N) is 1. The maximum absolute atomic E-state index is 12.6. The van der Waals surface area contributed by atoms with Crippen molar-refractivity contribution in [2.45, 2.75) is 29.4 Å². The van der Waals surface area contributed by atoms with Crippen molar-refractivity contribution in [2.24, 2.45) is 11.7 Å². The third-order valence-electron chi connectivity index (χ3n) is 3.45. The summed E-state index contributed by atoms with van der Waals surface area (Å²) in [6, 6.07) is 7.55. The number of para-hydroxylation sites is 1. The van der Waals surface area contributed by atoms with Crippen molar-refractivity contribution in [3.8, 4) is 5.75 Å². The molecule has 0 amide bonds. The Morgan fingerprint density at radius 2 is 2.18 bits per heavy atom. The summed E-state index contributed by atoms with van der Waals surface area (Å²) >= 11 is 0. The van der Waals surface area contributed by atoms with Gasteiger partial charge in [-0.15, -0.1) is 0 Å². The Balaban J connectivity index is 2.24. The van der Waals surface area contributed by atoms with Gasteiger partial charge in [0, 0.05) is 5.25 Å². The molecule has 2 rings (SSSR count). The molecule has 0 aliphatic heterocycles. The van der Waals surface area contributed by atoms with Crippen LogP contribution in [0.3, 0.4) is 0 Å². The van der Waals surface area contributed by atoms with Gasteiger partial charge in [0.1, 0.15) is 5.75 Å². The Bertz CT molecular complexity index is 408. The highest BCUT2D eigenvalue weighted by Crippen LogP contribution is 2.34. The second-order valence-corrected chi connectivity index (χ2v) is 6.05. The molecule has 0 heterocycles. The van der Waals surface area contributed by atoms with Gasteiger partial charge in [-0.05, 0) is 37.4 Å². The third kappa shape index (κ3) is 2.53. The molecular formula is C13H19NO2S. The fraction of sp³-hybridized carbons (Fsp3) is 0.538. The van der Waals surface area contributed by atoms with Crippen molar-refractivity contribution in [1.82, 2.24) is 0 Å². The molecule has 1 aromatic carbocycles. The van der Waals surface area contributed by atoms with E-state index in [1.54, 1.807) is 7.11 Å². The van der Waals surface area contributed by atoms with Crippen LogP contribution in [0.4, 0.5) is 0 Å². The van der Waals surface area contributed by atoms with Crippen molar-refractivity contribution in [3.63, 3.8) is 0 Å². The van der Waals surface area contributed by atoms with E-state index in [2.05, 4.69) is 0 Å². The number of benzene rings is 1. The normalized spacial score (nSPS) is 25.8. The first-order chi connectivity index (χ1) is 8.27. The average molecular weight is 253 g/mol. The standard InChI is InChI=1S/C13H19NO2S/c1-16-11-6-2-3-7-13(11)17(15)12-8-4-5-10(12)9-14/h2-3,6-7,10,12H,4-5,8-9,14H2,1H3. The summed E-state index contributed by atoms with van der Waals surface area (Å²) in [5, 5.41) is 0.191. The van der Waals surface area contributed by atoms with Crippen LogP contribution in [0, 0.1) is 5.92 Å². The van der Waals surface area contributed by atoms with Gasteiger partial charge in [0.05, 0.1) is 22.8 Å². The summed E-state index contributed by atoms with van der Waals surface area (Å²) in [5.74, 6) is 1.11. The molecule has 94 valence electrons. The minimum atomic E-state index is -1.01. The van der Waals surface area contributed by atoms with E-state index in [-0.39, 0.29) is 5.25 Å². The lowest BCUT2D eigenvalue weighted by molar-refractivity contribution is 0.403. The largest absolute Gasteiger partial charge is 0.495 e. The van der Waals surface area contributed by atoms with Crippen LogP contribution in [0.25, 0.3) is 0 Å². The van der Waals surface area contributed by atoms with Crippen LogP contribution in [-0.4, -0.2) is 23.1 Å². The van der Waals surface area contributed by atoms with E-state index in [4.69, 9.17) is 10.5 Å². The van der Waals surface area contributed by atoms with E-state index in [1.807, 2.05) is 24.3 Å². The zero-order valence-electron chi connectivity index (χ0n) is 10.1. The molecule has 3 unspecified atom stereocenters. The first-order valence-electron chi connectivity index (χ1n) is 6.01. The van der Waals surface area contributed by atoms with Crippen molar-refractivity contribution >= 4 is 10.8 Å². The summed E-state index contributed by atoms with van der Waals surface area (Å²) in [7, 11) is 0.611. The minimum Gasteiger partial charge on any atom is -0.495 e. The lowest BCUT2D eigenvalue weighted by Crippen LogP contribution is -2.26. The fourth-order valence-corrected chi connectivity index (χ4v) is 4.37. The minimum absolute atomic E-state index is 0.191. The average Bonchev–Trinajstić information content (AvgIpc) is 2.86. The predicted molar refractivity (Wildman–Crippen MR) is 69.6 cm³/mol. The summed E-state index contributed by atoms with van der Waals surface area (Å²) < 4.78 is 17.8. The van der Waals surface area contributed by atoms with E-state index in [0.717, 1.165) is 24.2 Å². The molecular weight excluding hydrogens is 234 g/mol. The van der Waals surface area contributed by atoms with Gasteiger partial charge in [-0.25, -0.2) is 0 Å². The Morgan fingerprint density at radius 3 is 2.88 bits per heavy atom. The summed E-state index contributed by atoms with van der Waals surface area (Å²) in [5.41, 5.74) is 5.74. The number of methoxy groups -OCH3 is 1. The Labute approximate surface area is 105 Å². The van der Waals surface area contributed by atoms with E-state index in [0.29, 0.717) is 18.2 Å². The van der Waals surface area contributed by atoms with Crippen LogP contribution >= 0.6 is 0 Å². The highest BCUT2D eigenvalue weighted by Gasteiger charge is 2.32. The molecule has 0 bridgehead atoms. The van der Waals surface area contributed by atoms with Gasteiger partial charge >= 0.3 is 0 Å². The van der Waals surface area contributed by atoms with Gasteiger partial charge in [-0.3, -0.25) is 4.21 Å². The van der Waals surface area contributed by atoms with Gasteiger partial charge in [0.2, 0.25) is 0 Å². The van der Waals surface area contributed by atoms with Crippen LogP contribution < -0.4 is 10.5 Å². The van der Waals surface area contributed by atoms with Crippen LogP contribution in [-0.2, 0) is 10.8 Å². The van der Waals surface area contributed by atoms with Gasteiger partial charge in [0.15, 0.2) is 0 Å². The van der Waals surface area contributed by atoms with Crippen LogP contribution in [0.15, 0.2) is 29.2 Å². The van der Waals surface area contributed by atoms with E-state index in [1.165, 1.54) is 0 Å². The van der Waals surface area contributed by atoms with Crippen molar-refractivity contribution in [1.29, 1.82) is 0 Å². The smallest absolute Gasteiger partial charge is 0.134 e. The van der Waals surface area contributed by atoms with Crippen LogP contribution in [0.1, 0.15) is 19.3 Å². The van der Waals surface area contributed by atoms with Gasteiger partial charge in [-0.1, -0.05) is 18.6 Å². The second kappa shape index (κ2) is 5.65. The van der Waals surface area contributed by atoms with Crippen LogP contribution in [0.2, 0.25) is 0 Å². The first-order valence-corrected chi connectivity index (χ1v) is 7.23. The summed E-state index contributed by atoms with van der Waals surface area (Å²) in [6.07, 6.45) is 3.24. The molecule has 0 saturated heterocycles. The number of rotatable bonds is 4. The number of hydrogen-bond acceptors (Lipinski definition) is 3. The zero-order valence-corrected chi connectivity index (χ0v) is 10.9. The van der Waals surface area contributed by atoms with Crippen molar-refractivity contribution in [2.75, 3.05) is 13.7 Å². The molecule has 0 spiro atoms. The number of ether oxygens (including phenoxy) is 1. The fourth-order valence-electron chi connectivity index (χ4n) is 2.50. The molecule has 0 aromatic heterocycles. The summed E-state index contributed by atoms with van der Waals surface area (Å²) in [6.45, 7) is 0.631. The Kier molecular flexibility index (Phi) is 4.18. The lowest BCUT2D eigenvalue weighted by Gasteiger charge is -2.18. The molecule has 1 saturated carbocycles. The molecule has 3 atom stereocenters. The number of hydrogen-bond donors (Lipinski definition) is 1. The van der Waals surface area contributed by atoms with Crippen LogP contribution in [0.5, 0.6) is 5.75 Å². The predicted octanol–water partition coefficient (Wildman–Crippen LogP) is 1.93. The molecule has 0 radical (unpaired) electrons. The zero-order chi connectivity index (χ0) is 12.3. The van der Waals surface area contributed by atoms with Gasteiger partial charge in [0.25, 0.3) is 0 Å². The van der Waals surface area contributed by atoms with E-state index in [9.17, 15) is 4.21 Å². The van der Waals surface area contributed by atoms with Gasteiger partial charge < -0.3 is 10.5 Å². The topological polar surface area (TPSA) is 52.3 Å². The SMILES string of the molecule is COc1ccccc1S(=O)C1CCCC1CN. The highest BCUT2D eigenvalue weighted by atomic mass is 32.2. The van der Waals surface area contributed by atoms with Gasteiger partial charge in [-0.2, -0.15) is 0 Å². The molecule has 1 aliphatic carbocycles. The molecule has 3 nitrogen and oxygen atoms in total. The molecule has 1 aliphatic rings. The molecule has 1 aromatic rings. The second-order valence-electron chi connectivity index (χ2n) is 4.41. The molecule has 17 heavy (non-hydrogen) atoms. The quantitative estimate of drug-likeness (QED) is 0.892. The third-order valence-corrected chi connectivity index (χ3v) is 5.39. The molecule has 1 fully saturated rings.